The van der Waals surface area contributed by atoms with Gasteiger partial charge in [0.1, 0.15) is 22.4 Å². The van der Waals surface area contributed by atoms with E-state index in [0.29, 0.717) is 50.5 Å². The van der Waals surface area contributed by atoms with Crippen LogP contribution in [0.25, 0.3) is 10.3 Å². The average Bonchev–Trinajstić information content (AvgIpc) is 3.21. The first-order valence-electron chi connectivity index (χ1n) is 9.85. The van der Waals surface area contributed by atoms with Gasteiger partial charge in [-0.2, -0.15) is 0 Å². The molecule has 4 rings (SSSR count). The summed E-state index contributed by atoms with van der Waals surface area (Å²) in [5.41, 5.74) is 8.14. The van der Waals surface area contributed by atoms with Crippen LogP contribution >= 0.6 is 11.3 Å². The molecular formula is C20H23N7O2S. The molecule has 1 aromatic carbocycles. The highest BCUT2D eigenvalue weighted by Crippen LogP contribution is 2.34. The quantitative estimate of drug-likeness (QED) is 0.407. The second-order valence-corrected chi connectivity index (χ2v) is 7.91. The molecule has 10 heteroatoms. The Hall–Kier alpha value is -3.27. The van der Waals surface area contributed by atoms with Crippen molar-refractivity contribution < 1.29 is 9.53 Å². The number of benzene rings is 1. The van der Waals surface area contributed by atoms with Crippen molar-refractivity contribution in [2.24, 2.45) is 0 Å². The summed E-state index contributed by atoms with van der Waals surface area (Å²) in [6.07, 6.45) is 5.83. The number of ether oxygens (including phenoxy) is 1. The van der Waals surface area contributed by atoms with E-state index in [9.17, 15) is 4.79 Å². The van der Waals surface area contributed by atoms with Gasteiger partial charge in [0, 0.05) is 36.6 Å². The smallest absolute Gasteiger partial charge is 0.282 e. The summed E-state index contributed by atoms with van der Waals surface area (Å²) < 4.78 is 5.68. The van der Waals surface area contributed by atoms with Gasteiger partial charge in [-0.1, -0.05) is 11.3 Å². The van der Waals surface area contributed by atoms with E-state index in [1.165, 1.54) is 23.9 Å². The number of piperidine rings is 1. The third-order valence-corrected chi connectivity index (χ3v) is 5.87. The molecule has 30 heavy (non-hydrogen) atoms. The second kappa shape index (κ2) is 8.62. The molecule has 1 amide bonds. The normalized spacial score (nSPS) is 14.0. The minimum Gasteiger partial charge on any atom is -0.492 e. The summed E-state index contributed by atoms with van der Waals surface area (Å²) in [5.74, 6) is 0.958. The molecule has 0 aliphatic carbocycles. The Bertz CT molecular complexity index is 1090. The van der Waals surface area contributed by atoms with E-state index in [1.807, 2.05) is 11.8 Å². The fraction of sp³-hybridized carbons (Fsp3) is 0.350. The van der Waals surface area contributed by atoms with Gasteiger partial charge in [-0.3, -0.25) is 4.79 Å². The Kier molecular flexibility index (Phi) is 5.75. The molecule has 3 heterocycles. The molecule has 1 fully saturated rings. The molecule has 0 bridgehead atoms. The minimum absolute atomic E-state index is 0.0581. The Balaban J connectivity index is 1.69. The van der Waals surface area contributed by atoms with Gasteiger partial charge in [-0.15, -0.1) is 0 Å². The highest BCUT2D eigenvalue weighted by Gasteiger charge is 2.23. The number of nitrogens with one attached hydrogen (secondary N) is 2. The van der Waals surface area contributed by atoms with Crippen LogP contribution in [0.5, 0.6) is 5.75 Å². The minimum atomic E-state index is -0.0581. The second-order valence-electron chi connectivity index (χ2n) is 6.93. The van der Waals surface area contributed by atoms with E-state index in [4.69, 9.17) is 15.9 Å². The van der Waals surface area contributed by atoms with Gasteiger partial charge in [-0.25, -0.2) is 15.0 Å². The van der Waals surface area contributed by atoms with Crippen molar-refractivity contribution in [3.63, 3.8) is 0 Å². The number of anilines is 3. The lowest BCUT2D eigenvalue weighted by Gasteiger charge is -2.25. The lowest BCUT2D eigenvalue weighted by Crippen LogP contribution is -2.35. The highest BCUT2D eigenvalue weighted by molar-refractivity contribution is 7.19. The molecule has 2 aromatic heterocycles. The number of nitrogen functional groups attached to an aromatic ring is 1. The zero-order valence-electron chi connectivity index (χ0n) is 16.6. The van der Waals surface area contributed by atoms with Crippen molar-refractivity contribution >= 4 is 51.0 Å². The monoisotopic (exact) mass is 425 g/mol. The zero-order valence-corrected chi connectivity index (χ0v) is 17.5. The summed E-state index contributed by atoms with van der Waals surface area (Å²) in [4.78, 5) is 28.5. The van der Waals surface area contributed by atoms with Crippen molar-refractivity contribution in [1.82, 2.24) is 19.9 Å². The maximum Gasteiger partial charge on any atom is 0.282 e. The summed E-state index contributed by atoms with van der Waals surface area (Å²) in [6, 6.07) is 3.41. The van der Waals surface area contributed by atoms with Crippen LogP contribution in [0.3, 0.4) is 0 Å². The van der Waals surface area contributed by atoms with Gasteiger partial charge in [0.05, 0.1) is 12.3 Å². The van der Waals surface area contributed by atoms with Gasteiger partial charge in [0.2, 0.25) is 0 Å². The maximum absolute atomic E-state index is 12.8. The van der Waals surface area contributed by atoms with Crippen molar-refractivity contribution in [2.45, 2.75) is 26.2 Å². The predicted octanol–water partition coefficient (Wildman–Crippen LogP) is 3.43. The Morgan fingerprint density at radius 2 is 2.13 bits per heavy atom. The summed E-state index contributed by atoms with van der Waals surface area (Å²) in [5, 5.41) is 11.2. The number of carbonyl (C=O) groups excluding carboxylic acids is 1. The fourth-order valence-corrected chi connectivity index (χ4v) is 4.28. The number of likely N-dealkylation sites (tertiary alicyclic amines) is 1. The summed E-state index contributed by atoms with van der Waals surface area (Å²) >= 11 is 1.27. The van der Waals surface area contributed by atoms with Crippen molar-refractivity contribution in [3.8, 4) is 5.75 Å². The van der Waals surface area contributed by atoms with Crippen LogP contribution in [0.4, 0.5) is 17.2 Å². The molecule has 9 nitrogen and oxygen atoms in total. The topological polar surface area (TPSA) is 130 Å². The molecule has 4 N–H and O–H groups in total. The van der Waals surface area contributed by atoms with E-state index in [0.717, 1.165) is 32.4 Å². The van der Waals surface area contributed by atoms with Gasteiger partial charge in [0.25, 0.3) is 5.91 Å². The molecule has 0 spiro atoms. The lowest BCUT2D eigenvalue weighted by molar-refractivity contribution is 0.0724. The zero-order chi connectivity index (χ0) is 21.1. The molecule has 156 valence electrons. The van der Waals surface area contributed by atoms with Gasteiger partial charge < -0.3 is 26.1 Å². The maximum atomic E-state index is 12.8. The number of rotatable bonds is 6. The van der Waals surface area contributed by atoms with Crippen LogP contribution in [0, 0.1) is 5.41 Å². The number of nitrogens with zero attached hydrogens (tertiary/aromatic N) is 4. The number of amides is 1. The van der Waals surface area contributed by atoms with E-state index >= 15 is 0 Å². The first-order chi connectivity index (χ1) is 14.6. The van der Waals surface area contributed by atoms with Gasteiger partial charge >= 0.3 is 0 Å². The summed E-state index contributed by atoms with van der Waals surface area (Å²) in [7, 11) is 0. The van der Waals surface area contributed by atoms with Crippen molar-refractivity contribution in [2.75, 3.05) is 30.7 Å². The standard InChI is InChI=1S/C20H23N7O2S/c1-2-29-15-9-13(22)12(10-21)8-14(15)25-17-16-18(24-11-23-17)30-19(26-16)20(28)27-6-4-3-5-7-27/h8-11,21H,2-7,22H2,1H3,(H,23,24,25). The molecule has 0 saturated carbocycles. The van der Waals surface area contributed by atoms with Crippen molar-refractivity contribution in [1.29, 1.82) is 5.41 Å². The molecule has 1 aliphatic heterocycles. The van der Waals surface area contributed by atoms with E-state index in [2.05, 4.69) is 20.3 Å². The number of thiazole rings is 1. The van der Waals surface area contributed by atoms with E-state index < -0.39 is 0 Å². The molecule has 1 saturated heterocycles. The molecule has 3 aromatic rings. The van der Waals surface area contributed by atoms with E-state index in [1.54, 1.807) is 12.1 Å². The Morgan fingerprint density at radius 3 is 2.87 bits per heavy atom. The van der Waals surface area contributed by atoms with Crippen molar-refractivity contribution in [3.05, 3.63) is 29.0 Å². The molecule has 0 atom stereocenters. The molecule has 0 radical (unpaired) electrons. The molecular weight excluding hydrogens is 402 g/mol. The van der Waals surface area contributed by atoms with Crippen LogP contribution in [-0.2, 0) is 0 Å². The SMILES string of the molecule is CCOc1cc(N)c(C=N)cc1Nc1ncnc2sc(C(=O)N3CCCCC3)nc12. The van der Waals surface area contributed by atoms with Gasteiger partial charge in [0.15, 0.2) is 10.8 Å². The number of aromatic nitrogens is 3. The summed E-state index contributed by atoms with van der Waals surface area (Å²) in [6.45, 7) is 3.87. The third kappa shape index (κ3) is 3.90. The lowest BCUT2D eigenvalue weighted by atomic mass is 10.1. The molecule has 0 unspecified atom stereocenters. The predicted molar refractivity (Wildman–Crippen MR) is 118 cm³/mol. The van der Waals surface area contributed by atoms with Crippen LogP contribution in [-0.4, -0.2) is 51.7 Å². The fourth-order valence-electron chi connectivity index (χ4n) is 3.41. The Morgan fingerprint density at radius 1 is 1.33 bits per heavy atom. The highest BCUT2D eigenvalue weighted by atomic mass is 32.1. The number of carbonyl (C=O) groups is 1. The number of hydrogen-bond donors (Lipinski definition) is 3. The molecule has 1 aliphatic rings. The number of fused-ring (bicyclic) bond motifs is 1. The Labute approximate surface area is 177 Å². The first kappa shape index (κ1) is 20.0. The van der Waals surface area contributed by atoms with Crippen LogP contribution in [0.1, 0.15) is 41.6 Å². The number of hydrogen-bond acceptors (Lipinski definition) is 9. The van der Waals surface area contributed by atoms with Crippen LogP contribution in [0.2, 0.25) is 0 Å². The van der Waals surface area contributed by atoms with Crippen LogP contribution < -0.4 is 15.8 Å². The van der Waals surface area contributed by atoms with E-state index in [-0.39, 0.29) is 5.91 Å². The first-order valence-corrected chi connectivity index (χ1v) is 10.7. The van der Waals surface area contributed by atoms with Crippen LogP contribution in [0.15, 0.2) is 18.5 Å². The number of nitrogens with two attached hydrogens (primary N) is 1. The largest absolute Gasteiger partial charge is 0.492 e. The van der Waals surface area contributed by atoms with Gasteiger partial charge in [-0.05, 0) is 32.3 Å². The average molecular weight is 426 g/mol. The third-order valence-electron chi connectivity index (χ3n) is 4.92.